The molecule has 126 valence electrons. The Balaban J connectivity index is 1.85. The van der Waals surface area contributed by atoms with Crippen molar-refractivity contribution in [2.24, 2.45) is 0 Å². The fraction of sp³-hybridized carbons (Fsp3) is 0.143. The third-order valence-corrected chi connectivity index (χ3v) is 4.25. The monoisotopic (exact) mass is 374 g/mol. The van der Waals surface area contributed by atoms with Gasteiger partial charge >= 0.3 is 0 Å². The number of hydrogen-bond donors (Lipinski definition) is 2. The lowest BCUT2D eigenvalue weighted by Gasteiger charge is -2.09. The molecule has 0 radical (unpaired) electrons. The van der Waals surface area contributed by atoms with Crippen molar-refractivity contribution >= 4 is 40.3 Å². The summed E-state index contributed by atoms with van der Waals surface area (Å²) >= 11 is 6.74. The fourth-order valence-corrected chi connectivity index (χ4v) is 2.88. The van der Waals surface area contributed by atoms with Crippen molar-refractivity contribution in [1.82, 2.24) is 15.0 Å². The summed E-state index contributed by atoms with van der Waals surface area (Å²) in [5.41, 5.74) is 0.319. The largest absolute Gasteiger partial charge is 0.479 e. The second-order valence-corrected chi connectivity index (χ2v) is 5.81. The van der Waals surface area contributed by atoms with Crippen LogP contribution in [0.5, 0.6) is 5.88 Å². The highest BCUT2D eigenvalue weighted by Gasteiger charge is 2.14. The first-order valence-corrected chi connectivity index (χ1v) is 7.78. The summed E-state index contributed by atoms with van der Waals surface area (Å²) < 4.78 is 46.8. The standard InChI is InChI=1S/C14H10ClF3N4OS/c1-23-14-9(4-7(16)11(15)21-14)22-24-10-5-19-13-6(10)2-3-8(20-13)12(17)18/h2-5,12,22H,1H3,(H,19,20). The number of ether oxygens (including phenoxy) is 1. The van der Waals surface area contributed by atoms with Gasteiger partial charge < -0.3 is 14.4 Å². The number of methoxy groups -OCH3 is 1. The smallest absolute Gasteiger partial charge is 0.280 e. The molecule has 3 aromatic heterocycles. The third-order valence-electron chi connectivity index (χ3n) is 3.11. The van der Waals surface area contributed by atoms with Crippen molar-refractivity contribution in [3.8, 4) is 5.88 Å². The van der Waals surface area contributed by atoms with E-state index in [1.54, 1.807) is 12.3 Å². The molecule has 10 heteroatoms. The lowest BCUT2D eigenvalue weighted by Crippen LogP contribution is -1.97. The van der Waals surface area contributed by atoms with E-state index in [4.69, 9.17) is 16.3 Å². The van der Waals surface area contributed by atoms with Crippen molar-refractivity contribution in [3.05, 3.63) is 41.1 Å². The molecule has 0 saturated heterocycles. The molecule has 0 amide bonds. The van der Waals surface area contributed by atoms with Gasteiger partial charge in [-0.05, 0) is 24.1 Å². The average molecular weight is 375 g/mol. The summed E-state index contributed by atoms with van der Waals surface area (Å²) in [4.78, 5) is 11.1. The second-order valence-electron chi connectivity index (χ2n) is 4.61. The number of hydrogen-bond acceptors (Lipinski definition) is 5. The molecule has 0 aromatic carbocycles. The highest BCUT2D eigenvalue weighted by molar-refractivity contribution is 8.00. The number of pyridine rings is 2. The summed E-state index contributed by atoms with van der Waals surface area (Å²) in [7, 11) is 1.38. The van der Waals surface area contributed by atoms with Gasteiger partial charge in [-0.3, -0.25) is 0 Å². The predicted octanol–water partition coefficient (Wildman–Crippen LogP) is 4.82. The maximum Gasteiger partial charge on any atom is 0.280 e. The summed E-state index contributed by atoms with van der Waals surface area (Å²) in [5, 5.41) is 0.358. The lowest BCUT2D eigenvalue weighted by molar-refractivity contribution is 0.146. The number of nitrogens with zero attached hydrogens (tertiary/aromatic N) is 2. The van der Waals surface area contributed by atoms with Gasteiger partial charge in [0.05, 0.1) is 12.0 Å². The molecule has 0 atom stereocenters. The average Bonchev–Trinajstić information content (AvgIpc) is 2.97. The van der Waals surface area contributed by atoms with Crippen molar-refractivity contribution in [1.29, 1.82) is 0 Å². The zero-order valence-electron chi connectivity index (χ0n) is 12.1. The second kappa shape index (κ2) is 6.78. The van der Waals surface area contributed by atoms with E-state index in [0.29, 0.717) is 15.9 Å². The molecule has 0 bridgehead atoms. The molecule has 0 saturated carbocycles. The van der Waals surface area contributed by atoms with E-state index < -0.39 is 12.2 Å². The lowest BCUT2D eigenvalue weighted by atomic mass is 10.3. The van der Waals surface area contributed by atoms with E-state index in [1.807, 2.05) is 0 Å². The minimum Gasteiger partial charge on any atom is -0.479 e. The summed E-state index contributed by atoms with van der Waals surface area (Å²) in [6.45, 7) is 0. The minimum absolute atomic E-state index is 0.131. The number of alkyl halides is 2. The number of fused-ring (bicyclic) bond motifs is 1. The molecule has 3 heterocycles. The SMILES string of the molecule is COc1nc(Cl)c(F)cc1NSc1c[nH]c2nc(C(F)F)ccc12. The number of nitrogens with one attached hydrogen (secondary N) is 2. The van der Waals surface area contributed by atoms with Gasteiger partial charge in [0.2, 0.25) is 5.88 Å². The first kappa shape index (κ1) is 16.7. The van der Waals surface area contributed by atoms with Gasteiger partial charge in [0.1, 0.15) is 17.0 Å². The number of aromatic nitrogens is 3. The molecule has 5 nitrogen and oxygen atoms in total. The number of rotatable bonds is 5. The molecule has 0 aliphatic heterocycles. The number of H-pyrrole nitrogens is 1. The quantitative estimate of drug-likeness (QED) is 0.495. The Kier molecular flexibility index (Phi) is 4.72. The van der Waals surface area contributed by atoms with Crippen molar-refractivity contribution < 1.29 is 17.9 Å². The zero-order chi connectivity index (χ0) is 17.3. The highest BCUT2D eigenvalue weighted by Crippen LogP contribution is 2.33. The van der Waals surface area contributed by atoms with E-state index in [-0.39, 0.29) is 22.4 Å². The molecule has 0 unspecified atom stereocenters. The van der Waals surface area contributed by atoms with E-state index in [2.05, 4.69) is 19.7 Å². The van der Waals surface area contributed by atoms with Crippen LogP contribution in [0.15, 0.2) is 29.3 Å². The molecule has 0 aliphatic carbocycles. The van der Waals surface area contributed by atoms with Crippen LogP contribution in [-0.2, 0) is 0 Å². The Morgan fingerprint density at radius 2 is 2.12 bits per heavy atom. The van der Waals surface area contributed by atoms with Crippen LogP contribution in [0, 0.1) is 5.82 Å². The van der Waals surface area contributed by atoms with Crippen LogP contribution in [0.1, 0.15) is 12.1 Å². The Morgan fingerprint density at radius 1 is 1.33 bits per heavy atom. The summed E-state index contributed by atoms with van der Waals surface area (Å²) in [6, 6.07) is 3.96. The Morgan fingerprint density at radius 3 is 2.83 bits per heavy atom. The number of anilines is 1. The van der Waals surface area contributed by atoms with E-state index >= 15 is 0 Å². The van der Waals surface area contributed by atoms with Crippen molar-refractivity contribution in [2.75, 3.05) is 11.8 Å². The molecule has 24 heavy (non-hydrogen) atoms. The summed E-state index contributed by atoms with van der Waals surface area (Å²) in [6.07, 6.45) is -1.03. The van der Waals surface area contributed by atoms with Gasteiger partial charge in [0.15, 0.2) is 11.0 Å². The maximum absolute atomic E-state index is 13.5. The van der Waals surface area contributed by atoms with Crippen LogP contribution < -0.4 is 9.46 Å². The van der Waals surface area contributed by atoms with E-state index in [0.717, 1.165) is 18.0 Å². The Bertz CT molecular complexity index is 890. The van der Waals surface area contributed by atoms with Crippen molar-refractivity contribution in [3.63, 3.8) is 0 Å². The molecule has 3 aromatic rings. The molecule has 0 aliphatic rings. The highest BCUT2D eigenvalue weighted by atomic mass is 35.5. The van der Waals surface area contributed by atoms with Crippen LogP contribution in [0.3, 0.4) is 0 Å². The molecule has 3 rings (SSSR count). The van der Waals surface area contributed by atoms with Crippen LogP contribution >= 0.6 is 23.5 Å². The molecular formula is C14H10ClF3N4OS. The Labute approximate surface area is 143 Å². The van der Waals surface area contributed by atoms with E-state index in [9.17, 15) is 13.2 Å². The molecule has 0 spiro atoms. The Hall–Kier alpha value is -2.13. The fourth-order valence-electron chi connectivity index (χ4n) is 1.99. The minimum atomic E-state index is -2.64. The first-order valence-electron chi connectivity index (χ1n) is 6.58. The van der Waals surface area contributed by atoms with Crippen LogP contribution in [0.2, 0.25) is 5.15 Å². The van der Waals surface area contributed by atoms with Crippen LogP contribution in [-0.4, -0.2) is 22.1 Å². The third kappa shape index (κ3) is 3.22. The first-order chi connectivity index (χ1) is 11.5. The molecule has 2 N–H and O–H groups in total. The van der Waals surface area contributed by atoms with Gasteiger partial charge in [0.25, 0.3) is 6.43 Å². The van der Waals surface area contributed by atoms with Crippen molar-refractivity contribution in [2.45, 2.75) is 11.3 Å². The number of halogens is 4. The van der Waals surface area contributed by atoms with Gasteiger partial charge in [0, 0.05) is 17.6 Å². The van der Waals surface area contributed by atoms with Gasteiger partial charge in [-0.25, -0.2) is 18.2 Å². The molecule has 0 fully saturated rings. The van der Waals surface area contributed by atoms with Crippen LogP contribution in [0.25, 0.3) is 11.0 Å². The van der Waals surface area contributed by atoms with Gasteiger partial charge in [-0.2, -0.15) is 4.98 Å². The van der Waals surface area contributed by atoms with E-state index in [1.165, 1.54) is 13.2 Å². The normalized spacial score (nSPS) is 11.2. The van der Waals surface area contributed by atoms with Gasteiger partial charge in [-0.1, -0.05) is 11.6 Å². The van der Waals surface area contributed by atoms with Gasteiger partial charge in [-0.15, -0.1) is 0 Å². The topological polar surface area (TPSA) is 62.8 Å². The number of aromatic amines is 1. The molecular weight excluding hydrogens is 365 g/mol. The maximum atomic E-state index is 13.5. The predicted molar refractivity (Wildman–Crippen MR) is 86.3 cm³/mol. The van der Waals surface area contributed by atoms with Crippen LogP contribution in [0.4, 0.5) is 18.9 Å². The summed E-state index contributed by atoms with van der Waals surface area (Å²) in [5.74, 6) is -0.561. The zero-order valence-corrected chi connectivity index (χ0v) is 13.7.